The first-order valence-corrected chi connectivity index (χ1v) is 5.93. The molecule has 1 aliphatic carbocycles. The van der Waals surface area contributed by atoms with Crippen molar-refractivity contribution in [3.8, 4) is 0 Å². The summed E-state index contributed by atoms with van der Waals surface area (Å²) in [7, 11) is 1.70. The molecular formula is C12H24N2O. The lowest BCUT2D eigenvalue weighted by Crippen LogP contribution is -2.45. The number of carbonyl (C=O) groups excluding carboxylic acids is 1. The molecule has 0 bridgehead atoms. The van der Waals surface area contributed by atoms with Crippen LogP contribution in [0, 0.1) is 11.3 Å². The smallest absolute Gasteiger partial charge is 0.226 e. The van der Waals surface area contributed by atoms with Crippen LogP contribution in [0.5, 0.6) is 0 Å². The van der Waals surface area contributed by atoms with E-state index in [0.29, 0.717) is 6.04 Å². The van der Waals surface area contributed by atoms with E-state index in [-0.39, 0.29) is 11.3 Å². The van der Waals surface area contributed by atoms with E-state index < -0.39 is 0 Å². The van der Waals surface area contributed by atoms with Crippen LogP contribution >= 0.6 is 0 Å². The Kier molecular flexibility index (Phi) is 4.14. The number of rotatable bonds is 4. The Balaban J connectivity index is 2.38. The molecule has 0 heterocycles. The predicted octanol–water partition coefficient (Wildman–Crippen LogP) is 1.54. The van der Waals surface area contributed by atoms with E-state index in [1.54, 1.807) is 7.05 Å². The van der Waals surface area contributed by atoms with Crippen LogP contribution in [0.3, 0.4) is 0 Å². The zero-order valence-corrected chi connectivity index (χ0v) is 10.4. The van der Waals surface area contributed by atoms with Gasteiger partial charge in [-0.25, -0.2) is 0 Å². The highest BCUT2D eigenvalue weighted by Crippen LogP contribution is 2.25. The van der Waals surface area contributed by atoms with Crippen molar-refractivity contribution in [2.45, 2.75) is 46.1 Å². The SMILES string of the molecule is CNC(=O)C(C)(C)CNC1CCCC1C. The van der Waals surface area contributed by atoms with Gasteiger partial charge in [-0.15, -0.1) is 0 Å². The van der Waals surface area contributed by atoms with E-state index in [9.17, 15) is 4.79 Å². The van der Waals surface area contributed by atoms with Crippen LogP contribution in [0.15, 0.2) is 0 Å². The average molecular weight is 212 g/mol. The molecule has 3 heteroatoms. The molecule has 1 saturated carbocycles. The summed E-state index contributed by atoms with van der Waals surface area (Å²) in [4.78, 5) is 11.6. The summed E-state index contributed by atoms with van der Waals surface area (Å²) in [6.45, 7) is 7.02. The highest BCUT2D eigenvalue weighted by Gasteiger charge is 2.29. The van der Waals surface area contributed by atoms with E-state index in [0.717, 1.165) is 12.5 Å². The van der Waals surface area contributed by atoms with Gasteiger partial charge < -0.3 is 10.6 Å². The van der Waals surface area contributed by atoms with Gasteiger partial charge in [-0.1, -0.05) is 13.3 Å². The summed E-state index contributed by atoms with van der Waals surface area (Å²) in [6.07, 6.45) is 3.89. The molecule has 1 rings (SSSR count). The third-order valence-corrected chi connectivity index (χ3v) is 3.51. The molecule has 2 N–H and O–H groups in total. The van der Waals surface area contributed by atoms with Crippen molar-refractivity contribution in [1.82, 2.24) is 10.6 Å². The fraction of sp³-hybridized carbons (Fsp3) is 0.917. The quantitative estimate of drug-likeness (QED) is 0.742. The van der Waals surface area contributed by atoms with E-state index in [2.05, 4.69) is 17.6 Å². The van der Waals surface area contributed by atoms with Crippen LogP contribution in [-0.4, -0.2) is 25.5 Å². The van der Waals surface area contributed by atoms with Crippen molar-refractivity contribution in [3.05, 3.63) is 0 Å². The lowest BCUT2D eigenvalue weighted by Gasteiger charge is -2.26. The first kappa shape index (κ1) is 12.5. The molecule has 0 aromatic carbocycles. The van der Waals surface area contributed by atoms with Gasteiger partial charge in [0.25, 0.3) is 0 Å². The number of hydrogen-bond acceptors (Lipinski definition) is 2. The Morgan fingerprint density at radius 3 is 2.53 bits per heavy atom. The second-order valence-corrected chi connectivity index (χ2v) is 5.36. The standard InChI is InChI=1S/C12H24N2O/c1-9-6-5-7-10(9)14-8-12(2,3)11(15)13-4/h9-10,14H,5-8H2,1-4H3,(H,13,15). The van der Waals surface area contributed by atoms with Gasteiger partial charge in [-0.2, -0.15) is 0 Å². The average Bonchev–Trinajstić information content (AvgIpc) is 2.60. The minimum Gasteiger partial charge on any atom is -0.359 e. The van der Waals surface area contributed by atoms with Crippen LogP contribution in [0.2, 0.25) is 0 Å². The Morgan fingerprint density at radius 2 is 2.07 bits per heavy atom. The van der Waals surface area contributed by atoms with Crippen LogP contribution in [0.1, 0.15) is 40.0 Å². The minimum absolute atomic E-state index is 0.112. The summed E-state index contributed by atoms with van der Waals surface area (Å²) in [6, 6.07) is 0.605. The lowest BCUT2D eigenvalue weighted by molar-refractivity contribution is -0.128. The van der Waals surface area contributed by atoms with Gasteiger partial charge in [0.1, 0.15) is 0 Å². The first-order valence-electron chi connectivity index (χ1n) is 5.93. The van der Waals surface area contributed by atoms with Gasteiger partial charge in [0, 0.05) is 19.6 Å². The van der Waals surface area contributed by atoms with Crippen molar-refractivity contribution in [2.24, 2.45) is 11.3 Å². The normalized spacial score (nSPS) is 26.7. The second kappa shape index (κ2) is 4.97. The predicted molar refractivity (Wildman–Crippen MR) is 62.7 cm³/mol. The molecule has 0 saturated heterocycles. The van der Waals surface area contributed by atoms with Crippen molar-refractivity contribution in [3.63, 3.8) is 0 Å². The molecule has 0 radical (unpaired) electrons. The minimum atomic E-state index is -0.308. The van der Waals surface area contributed by atoms with Gasteiger partial charge in [0.15, 0.2) is 0 Å². The molecule has 0 aromatic heterocycles. The molecule has 0 aliphatic heterocycles. The zero-order valence-electron chi connectivity index (χ0n) is 10.4. The van der Waals surface area contributed by atoms with Gasteiger partial charge >= 0.3 is 0 Å². The maximum Gasteiger partial charge on any atom is 0.226 e. The molecule has 1 aliphatic rings. The number of amides is 1. The van der Waals surface area contributed by atoms with Gasteiger partial charge in [0.05, 0.1) is 5.41 Å². The third-order valence-electron chi connectivity index (χ3n) is 3.51. The Labute approximate surface area is 93.0 Å². The third kappa shape index (κ3) is 3.20. The highest BCUT2D eigenvalue weighted by atomic mass is 16.2. The van der Waals surface area contributed by atoms with E-state index >= 15 is 0 Å². The zero-order chi connectivity index (χ0) is 11.5. The molecule has 1 amide bonds. The van der Waals surface area contributed by atoms with Crippen molar-refractivity contribution in [1.29, 1.82) is 0 Å². The molecule has 15 heavy (non-hydrogen) atoms. The Morgan fingerprint density at radius 1 is 1.40 bits per heavy atom. The fourth-order valence-electron chi connectivity index (χ4n) is 2.25. The largest absolute Gasteiger partial charge is 0.359 e. The van der Waals surface area contributed by atoms with E-state index in [4.69, 9.17) is 0 Å². The maximum absolute atomic E-state index is 11.6. The monoisotopic (exact) mass is 212 g/mol. The lowest BCUT2D eigenvalue weighted by atomic mass is 9.91. The molecular weight excluding hydrogens is 188 g/mol. The molecule has 0 spiro atoms. The maximum atomic E-state index is 11.6. The Bertz CT molecular complexity index is 226. The first-order chi connectivity index (χ1) is 6.97. The molecule has 88 valence electrons. The van der Waals surface area contributed by atoms with Crippen molar-refractivity contribution in [2.75, 3.05) is 13.6 Å². The highest BCUT2D eigenvalue weighted by molar-refractivity contribution is 5.81. The van der Waals surface area contributed by atoms with Crippen LogP contribution < -0.4 is 10.6 Å². The van der Waals surface area contributed by atoms with Gasteiger partial charge in [0.2, 0.25) is 5.91 Å². The number of carbonyl (C=O) groups is 1. The van der Waals surface area contributed by atoms with Crippen molar-refractivity contribution >= 4 is 5.91 Å². The van der Waals surface area contributed by atoms with E-state index in [1.807, 2.05) is 13.8 Å². The summed E-state index contributed by atoms with van der Waals surface area (Å²) >= 11 is 0. The summed E-state index contributed by atoms with van der Waals surface area (Å²) in [5, 5.41) is 6.24. The van der Waals surface area contributed by atoms with Crippen LogP contribution in [0.4, 0.5) is 0 Å². The number of nitrogens with one attached hydrogen (secondary N) is 2. The molecule has 1 fully saturated rings. The van der Waals surface area contributed by atoms with Crippen LogP contribution in [0.25, 0.3) is 0 Å². The van der Waals surface area contributed by atoms with Gasteiger partial charge in [-0.05, 0) is 32.6 Å². The van der Waals surface area contributed by atoms with E-state index in [1.165, 1.54) is 19.3 Å². The molecule has 0 aromatic rings. The number of hydrogen-bond donors (Lipinski definition) is 2. The topological polar surface area (TPSA) is 41.1 Å². The van der Waals surface area contributed by atoms with Crippen molar-refractivity contribution < 1.29 is 4.79 Å². The fourth-order valence-corrected chi connectivity index (χ4v) is 2.25. The second-order valence-electron chi connectivity index (χ2n) is 5.36. The molecule has 2 atom stereocenters. The summed E-state index contributed by atoms with van der Waals surface area (Å²) in [5.41, 5.74) is -0.308. The summed E-state index contributed by atoms with van der Waals surface area (Å²) < 4.78 is 0. The van der Waals surface area contributed by atoms with Gasteiger partial charge in [-0.3, -0.25) is 4.79 Å². The van der Waals surface area contributed by atoms with Crippen LogP contribution in [-0.2, 0) is 4.79 Å². The Hall–Kier alpha value is -0.570. The summed E-state index contributed by atoms with van der Waals surface area (Å²) in [5.74, 6) is 0.867. The molecule has 2 unspecified atom stereocenters. The molecule has 3 nitrogen and oxygen atoms in total.